The molecule has 1 aliphatic heterocycles. The summed E-state index contributed by atoms with van der Waals surface area (Å²) < 4.78 is 0. The molecule has 154 valence electrons. The average molecular weight is 385 g/mol. The molecule has 1 saturated carbocycles. The number of rotatable bonds is 8. The highest BCUT2D eigenvalue weighted by Gasteiger charge is 2.50. The van der Waals surface area contributed by atoms with E-state index in [2.05, 4.69) is 35.7 Å². The smallest absolute Gasteiger partial charge is 0.222 e. The second kappa shape index (κ2) is 10.2. The molecule has 0 spiro atoms. The lowest BCUT2D eigenvalue weighted by Gasteiger charge is -2.55. The van der Waals surface area contributed by atoms with Crippen LogP contribution in [0.25, 0.3) is 6.08 Å². The Morgan fingerprint density at radius 3 is 2.46 bits per heavy atom. The fraction of sp³-hybridized carbons (Fsp3) is 0.625. The first-order valence-corrected chi connectivity index (χ1v) is 11.0. The maximum atomic E-state index is 12.5. The molecule has 1 aromatic rings. The number of carbonyl (C=O) groups is 1. The van der Waals surface area contributed by atoms with Gasteiger partial charge in [0.25, 0.3) is 0 Å². The van der Waals surface area contributed by atoms with E-state index in [1.165, 1.54) is 43.2 Å². The van der Waals surface area contributed by atoms with E-state index in [1.54, 1.807) is 0 Å². The van der Waals surface area contributed by atoms with Gasteiger partial charge in [-0.05, 0) is 43.4 Å². The number of allylic oxidation sites excluding steroid dienone is 1. The molecule has 1 aromatic carbocycles. The average Bonchev–Trinajstić information content (AvgIpc) is 2.72. The fourth-order valence-corrected chi connectivity index (χ4v) is 5.02. The summed E-state index contributed by atoms with van der Waals surface area (Å²) in [7, 11) is 0. The van der Waals surface area contributed by atoms with E-state index in [9.17, 15) is 9.90 Å². The lowest BCUT2D eigenvalue weighted by atomic mass is 9.74. The molecule has 2 N–H and O–H groups in total. The van der Waals surface area contributed by atoms with Gasteiger partial charge in [0.2, 0.25) is 5.91 Å². The molecule has 0 unspecified atom stereocenters. The number of likely N-dealkylation sites (tertiary alicyclic amines) is 1. The molecule has 1 heterocycles. The second-order valence-electron chi connectivity index (χ2n) is 8.33. The number of benzene rings is 1. The van der Waals surface area contributed by atoms with Gasteiger partial charge >= 0.3 is 0 Å². The third kappa shape index (κ3) is 4.66. The summed E-state index contributed by atoms with van der Waals surface area (Å²) in [5.41, 5.74) is 2.40. The SMILES string of the molecule is C/C=C/c1ccc([C@H]2[C@@H](CO)N(C(=O)CC)[C@@H]2CNCC2CCCCC2)cc1. The minimum Gasteiger partial charge on any atom is -0.394 e. The van der Waals surface area contributed by atoms with Crippen LogP contribution in [0.1, 0.15) is 69.4 Å². The van der Waals surface area contributed by atoms with Crippen molar-refractivity contribution < 1.29 is 9.90 Å². The minimum absolute atomic E-state index is 0.0200. The topological polar surface area (TPSA) is 52.6 Å². The molecular weight excluding hydrogens is 348 g/mol. The predicted octanol–water partition coefficient (Wildman–Crippen LogP) is 3.95. The number of carbonyl (C=O) groups excluding carboxylic acids is 1. The Balaban J connectivity index is 1.70. The van der Waals surface area contributed by atoms with Crippen molar-refractivity contribution in [3.05, 3.63) is 41.5 Å². The largest absolute Gasteiger partial charge is 0.394 e. The number of nitrogens with one attached hydrogen (secondary N) is 1. The van der Waals surface area contributed by atoms with Crippen LogP contribution in [0.3, 0.4) is 0 Å². The first-order valence-electron chi connectivity index (χ1n) is 11.0. The molecule has 0 bridgehead atoms. The molecule has 4 nitrogen and oxygen atoms in total. The maximum Gasteiger partial charge on any atom is 0.222 e. The molecule has 3 rings (SSSR count). The summed E-state index contributed by atoms with van der Waals surface area (Å²) in [6.45, 7) is 5.79. The summed E-state index contributed by atoms with van der Waals surface area (Å²) in [5, 5.41) is 13.6. The number of nitrogens with zero attached hydrogens (tertiary/aromatic N) is 1. The van der Waals surface area contributed by atoms with Gasteiger partial charge in [-0.15, -0.1) is 0 Å². The fourth-order valence-electron chi connectivity index (χ4n) is 5.02. The second-order valence-corrected chi connectivity index (χ2v) is 8.33. The lowest BCUT2D eigenvalue weighted by molar-refractivity contribution is -0.150. The quantitative estimate of drug-likeness (QED) is 0.713. The van der Waals surface area contributed by atoms with Crippen LogP contribution < -0.4 is 5.32 Å². The van der Waals surface area contributed by atoms with Gasteiger partial charge in [-0.25, -0.2) is 0 Å². The van der Waals surface area contributed by atoms with Crippen LogP contribution in [0.5, 0.6) is 0 Å². The van der Waals surface area contributed by atoms with Crippen molar-refractivity contribution >= 4 is 12.0 Å². The van der Waals surface area contributed by atoms with E-state index in [0.29, 0.717) is 6.42 Å². The van der Waals surface area contributed by atoms with Gasteiger partial charge in [-0.1, -0.05) is 62.6 Å². The standard InChI is InChI=1S/C24H36N2O2/c1-3-8-18-11-13-20(14-12-18)24-21(26(22(24)17-27)23(28)4-2)16-25-15-19-9-6-5-7-10-19/h3,8,11-14,19,21-22,24-25,27H,4-7,9-10,15-17H2,1-2H3/b8-3+/t21-,22-,24-/m1/s1. The van der Waals surface area contributed by atoms with Crippen LogP contribution in [-0.4, -0.2) is 47.7 Å². The number of amides is 1. The minimum atomic E-state index is -0.110. The van der Waals surface area contributed by atoms with Gasteiger partial charge in [-0.2, -0.15) is 0 Å². The van der Waals surface area contributed by atoms with Crippen LogP contribution in [-0.2, 0) is 4.79 Å². The van der Waals surface area contributed by atoms with Crippen LogP contribution in [0.15, 0.2) is 30.3 Å². The first kappa shape index (κ1) is 21.1. The zero-order valence-electron chi connectivity index (χ0n) is 17.4. The van der Waals surface area contributed by atoms with Crippen molar-refractivity contribution in [1.29, 1.82) is 0 Å². The van der Waals surface area contributed by atoms with E-state index < -0.39 is 0 Å². The summed E-state index contributed by atoms with van der Waals surface area (Å²) in [6.07, 6.45) is 11.3. The van der Waals surface area contributed by atoms with Crippen LogP contribution in [0, 0.1) is 5.92 Å². The summed E-state index contributed by atoms with van der Waals surface area (Å²) in [4.78, 5) is 14.5. The molecule has 1 amide bonds. The highest BCUT2D eigenvalue weighted by Crippen LogP contribution is 2.41. The maximum absolute atomic E-state index is 12.5. The van der Waals surface area contributed by atoms with Crippen LogP contribution in [0.4, 0.5) is 0 Å². The van der Waals surface area contributed by atoms with E-state index in [0.717, 1.165) is 19.0 Å². The zero-order chi connectivity index (χ0) is 19.9. The van der Waals surface area contributed by atoms with E-state index >= 15 is 0 Å². The number of aliphatic hydroxyl groups excluding tert-OH is 1. The number of hydrogen-bond donors (Lipinski definition) is 2. The highest BCUT2D eigenvalue weighted by molar-refractivity contribution is 5.78. The molecule has 3 atom stereocenters. The molecule has 28 heavy (non-hydrogen) atoms. The zero-order valence-corrected chi connectivity index (χ0v) is 17.4. The monoisotopic (exact) mass is 384 g/mol. The molecule has 2 fully saturated rings. The summed E-state index contributed by atoms with van der Waals surface area (Å²) in [5.74, 6) is 1.11. The van der Waals surface area contributed by atoms with Gasteiger partial charge in [-0.3, -0.25) is 4.79 Å². The van der Waals surface area contributed by atoms with Crippen molar-refractivity contribution in [3.63, 3.8) is 0 Å². The third-order valence-corrected chi connectivity index (χ3v) is 6.51. The Hall–Kier alpha value is -1.65. The summed E-state index contributed by atoms with van der Waals surface area (Å²) >= 11 is 0. The first-order chi connectivity index (χ1) is 13.7. The van der Waals surface area contributed by atoms with Gasteiger partial charge in [0.05, 0.1) is 18.7 Å². The molecule has 0 radical (unpaired) electrons. The lowest BCUT2D eigenvalue weighted by Crippen LogP contribution is -2.68. The molecule has 2 aliphatic rings. The van der Waals surface area contributed by atoms with Crippen molar-refractivity contribution in [2.24, 2.45) is 5.92 Å². The molecule has 4 heteroatoms. The molecule has 1 saturated heterocycles. The number of aliphatic hydroxyl groups is 1. The Morgan fingerprint density at radius 1 is 1.14 bits per heavy atom. The van der Waals surface area contributed by atoms with Gasteiger partial charge in [0.1, 0.15) is 0 Å². The third-order valence-electron chi connectivity index (χ3n) is 6.51. The normalized spacial score (nSPS) is 25.8. The van der Waals surface area contributed by atoms with E-state index in [4.69, 9.17) is 0 Å². The predicted molar refractivity (Wildman–Crippen MR) is 115 cm³/mol. The molecule has 1 aliphatic carbocycles. The molecule has 0 aromatic heterocycles. The van der Waals surface area contributed by atoms with Crippen molar-refractivity contribution in [2.45, 2.75) is 70.4 Å². The van der Waals surface area contributed by atoms with E-state index in [-0.39, 0.29) is 30.5 Å². The van der Waals surface area contributed by atoms with Crippen molar-refractivity contribution in [3.8, 4) is 0 Å². The Bertz CT molecular complexity index is 649. The molecular formula is C24H36N2O2. The van der Waals surface area contributed by atoms with Crippen molar-refractivity contribution in [2.75, 3.05) is 19.7 Å². The Labute approximate surface area is 170 Å². The Kier molecular flexibility index (Phi) is 7.69. The van der Waals surface area contributed by atoms with Gasteiger partial charge in [0.15, 0.2) is 0 Å². The van der Waals surface area contributed by atoms with Crippen LogP contribution in [0.2, 0.25) is 0 Å². The Morgan fingerprint density at radius 2 is 1.86 bits per heavy atom. The van der Waals surface area contributed by atoms with Crippen molar-refractivity contribution in [1.82, 2.24) is 10.2 Å². The summed E-state index contributed by atoms with van der Waals surface area (Å²) in [6, 6.07) is 8.58. The highest BCUT2D eigenvalue weighted by atomic mass is 16.3. The van der Waals surface area contributed by atoms with E-state index in [1.807, 2.05) is 24.8 Å². The van der Waals surface area contributed by atoms with Gasteiger partial charge < -0.3 is 15.3 Å². The van der Waals surface area contributed by atoms with Crippen LogP contribution >= 0.6 is 0 Å². The van der Waals surface area contributed by atoms with Gasteiger partial charge in [0, 0.05) is 18.9 Å². The number of hydrogen-bond acceptors (Lipinski definition) is 3.